The van der Waals surface area contributed by atoms with Crippen LogP contribution in [0.3, 0.4) is 0 Å². The van der Waals surface area contributed by atoms with Crippen molar-refractivity contribution in [2.45, 2.75) is 46.8 Å². The van der Waals surface area contributed by atoms with E-state index >= 15 is 0 Å². The Morgan fingerprint density at radius 2 is 1.90 bits per heavy atom. The molecule has 4 nitrogen and oxygen atoms in total. The number of nitrogens with zero attached hydrogens (tertiary/aromatic N) is 2. The molecule has 4 heteroatoms. The van der Waals surface area contributed by atoms with Gasteiger partial charge >= 0.3 is 0 Å². The van der Waals surface area contributed by atoms with Crippen LogP contribution in [0, 0.1) is 13.8 Å². The van der Waals surface area contributed by atoms with Crippen molar-refractivity contribution in [1.82, 2.24) is 14.9 Å². The van der Waals surface area contributed by atoms with Gasteiger partial charge in [-0.15, -0.1) is 0 Å². The summed E-state index contributed by atoms with van der Waals surface area (Å²) >= 11 is 0. The number of rotatable bonds is 7. The van der Waals surface area contributed by atoms with E-state index in [0.29, 0.717) is 12.6 Å². The summed E-state index contributed by atoms with van der Waals surface area (Å²) in [6.07, 6.45) is 1.87. The van der Waals surface area contributed by atoms with Crippen molar-refractivity contribution in [2.75, 3.05) is 6.61 Å². The maximum absolute atomic E-state index is 5.79. The second-order valence-electron chi connectivity index (χ2n) is 5.64. The molecule has 0 saturated carbocycles. The fourth-order valence-corrected chi connectivity index (χ4v) is 2.06. The quantitative estimate of drug-likeness (QED) is 0.850. The van der Waals surface area contributed by atoms with E-state index in [1.165, 1.54) is 11.3 Å². The zero-order valence-electron chi connectivity index (χ0n) is 13.4. The predicted molar refractivity (Wildman–Crippen MR) is 85.6 cm³/mol. The molecule has 0 radical (unpaired) electrons. The minimum Gasteiger partial charge on any atom is -0.492 e. The normalized spacial score (nSPS) is 11.1. The second kappa shape index (κ2) is 7.27. The van der Waals surface area contributed by atoms with E-state index in [0.717, 1.165) is 24.5 Å². The molecule has 1 heterocycles. The number of ether oxygens (including phenoxy) is 1. The van der Waals surface area contributed by atoms with Crippen molar-refractivity contribution in [1.29, 1.82) is 0 Å². The van der Waals surface area contributed by atoms with Gasteiger partial charge in [-0.3, -0.25) is 0 Å². The molecular formula is C17H25N3O. The molecule has 0 aliphatic carbocycles. The molecule has 0 amide bonds. The van der Waals surface area contributed by atoms with Crippen LogP contribution in [0.1, 0.15) is 30.8 Å². The summed E-state index contributed by atoms with van der Waals surface area (Å²) in [5, 5.41) is 3.40. The first kappa shape index (κ1) is 15.6. The monoisotopic (exact) mass is 287 g/mol. The lowest BCUT2D eigenvalue weighted by Gasteiger charge is -2.10. The SMILES string of the molecule is Cc1ncn(CCOc2ccc(CNC(C)C)cc2)c1C. The van der Waals surface area contributed by atoms with E-state index in [-0.39, 0.29) is 0 Å². The van der Waals surface area contributed by atoms with E-state index in [1.807, 2.05) is 25.4 Å². The molecule has 0 fully saturated rings. The predicted octanol–water partition coefficient (Wildman–Crippen LogP) is 3.08. The molecule has 2 rings (SSSR count). The standard InChI is InChI=1S/C17H25N3O/c1-13(2)18-11-16-5-7-17(8-6-16)21-10-9-20-12-19-14(3)15(20)4/h5-8,12-13,18H,9-11H2,1-4H3. The molecule has 114 valence electrons. The molecule has 0 spiro atoms. The van der Waals surface area contributed by atoms with Crippen molar-refractivity contribution in [3.8, 4) is 5.75 Å². The van der Waals surface area contributed by atoms with Gasteiger partial charge in [0.05, 0.1) is 18.6 Å². The van der Waals surface area contributed by atoms with Crippen molar-refractivity contribution in [3.05, 3.63) is 47.5 Å². The highest BCUT2D eigenvalue weighted by molar-refractivity contribution is 5.27. The van der Waals surface area contributed by atoms with E-state index in [9.17, 15) is 0 Å². The van der Waals surface area contributed by atoms with E-state index in [1.54, 1.807) is 0 Å². The van der Waals surface area contributed by atoms with Gasteiger partial charge in [-0.25, -0.2) is 4.98 Å². The number of benzene rings is 1. The van der Waals surface area contributed by atoms with Crippen LogP contribution < -0.4 is 10.1 Å². The third-order valence-corrected chi connectivity index (χ3v) is 3.58. The topological polar surface area (TPSA) is 39.1 Å². The molecule has 0 aliphatic rings. The summed E-state index contributed by atoms with van der Waals surface area (Å²) in [6, 6.07) is 8.78. The smallest absolute Gasteiger partial charge is 0.119 e. The maximum Gasteiger partial charge on any atom is 0.119 e. The van der Waals surface area contributed by atoms with Crippen LogP contribution >= 0.6 is 0 Å². The first-order chi connectivity index (χ1) is 10.1. The molecule has 1 N–H and O–H groups in total. The van der Waals surface area contributed by atoms with Crippen molar-refractivity contribution in [3.63, 3.8) is 0 Å². The summed E-state index contributed by atoms with van der Waals surface area (Å²) in [6.45, 7) is 10.8. The lowest BCUT2D eigenvalue weighted by atomic mass is 10.2. The molecule has 0 atom stereocenters. The minimum atomic E-state index is 0.503. The number of imidazole rings is 1. The number of hydrogen-bond acceptors (Lipinski definition) is 3. The highest BCUT2D eigenvalue weighted by Crippen LogP contribution is 2.13. The summed E-state index contributed by atoms with van der Waals surface area (Å²) in [4.78, 5) is 4.29. The van der Waals surface area contributed by atoms with Gasteiger partial charge in [-0.1, -0.05) is 26.0 Å². The van der Waals surface area contributed by atoms with Gasteiger partial charge in [0.25, 0.3) is 0 Å². The largest absolute Gasteiger partial charge is 0.492 e. The Morgan fingerprint density at radius 1 is 1.19 bits per heavy atom. The first-order valence-corrected chi connectivity index (χ1v) is 7.49. The Bertz CT molecular complexity index is 558. The Morgan fingerprint density at radius 3 is 2.48 bits per heavy atom. The summed E-state index contributed by atoms with van der Waals surface area (Å²) in [7, 11) is 0. The van der Waals surface area contributed by atoms with Crippen LogP contribution in [0.2, 0.25) is 0 Å². The first-order valence-electron chi connectivity index (χ1n) is 7.49. The van der Waals surface area contributed by atoms with E-state index < -0.39 is 0 Å². The average Bonchev–Trinajstić information content (AvgIpc) is 2.78. The summed E-state index contributed by atoms with van der Waals surface area (Å²) in [5.41, 5.74) is 3.56. The van der Waals surface area contributed by atoms with Crippen LogP contribution in [0.5, 0.6) is 5.75 Å². The third-order valence-electron chi connectivity index (χ3n) is 3.58. The molecule has 0 bridgehead atoms. The number of nitrogens with one attached hydrogen (secondary N) is 1. The summed E-state index contributed by atoms with van der Waals surface area (Å²) < 4.78 is 7.91. The molecule has 0 unspecified atom stereocenters. The number of aryl methyl sites for hydroxylation is 1. The summed E-state index contributed by atoms with van der Waals surface area (Å²) in [5.74, 6) is 0.915. The van der Waals surface area contributed by atoms with Gasteiger partial charge in [-0.05, 0) is 31.5 Å². The Labute approximate surface area is 127 Å². The minimum absolute atomic E-state index is 0.503. The van der Waals surface area contributed by atoms with Crippen LogP contribution in [0.15, 0.2) is 30.6 Å². The second-order valence-corrected chi connectivity index (χ2v) is 5.64. The maximum atomic E-state index is 5.79. The molecule has 0 saturated heterocycles. The average molecular weight is 287 g/mol. The lowest BCUT2D eigenvalue weighted by molar-refractivity contribution is 0.297. The van der Waals surface area contributed by atoms with Crippen molar-refractivity contribution < 1.29 is 4.74 Å². The molecule has 0 aliphatic heterocycles. The number of aromatic nitrogens is 2. The van der Waals surface area contributed by atoms with Crippen molar-refractivity contribution >= 4 is 0 Å². The zero-order chi connectivity index (χ0) is 15.2. The van der Waals surface area contributed by atoms with E-state index in [4.69, 9.17) is 4.74 Å². The Kier molecular flexibility index (Phi) is 5.39. The van der Waals surface area contributed by atoms with Crippen LogP contribution in [-0.2, 0) is 13.1 Å². The molecular weight excluding hydrogens is 262 g/mol. The van der Waals surface area contributed by atoms with Crippen molar-refractivity contribution in [2.24, 2.45) is 0 Å². The van der Waals surface area contributed by atoms with E-state index in [2.05, 4.69) is 47.8 Å². The van der Waals surface area contributed by atoms with Crippen LogP contribution in [-0.4, -0.2) is 22.2 Å². The van der Waals surface area contributed by atoms with Gasteiger partial charge in [0.15, 0.2) is 0 Å². The van der Waals surface area contributed by atoms with Gasteiger partial charge in [-0.2, -0.15) is 0 Å². The molecule has 1 aromatic heterocycles. The van der Waals surface area contributed by atoms with Crippen LogP contribution in [0.25, 0.3) is 0 Å². The number of hydrogen-bond donors (Lipinski definition) is 1. The zero-order valence-corrected chi connectivity index (χ0v) is 13.4. The fraction of sp³-hybridized carbons (Fsp3) is 0.471. The molecule has 2 aromatic rings. The van der Waals surface area contributed by atoms with Gasteiger partial charge in [0.1, 0.15) is 12.4 Å². The van der Waals surface area contributed by atoms with Gasteiger partial charge < -0.3 is 14.6 Å². The van der Waals surface area contributed by atoms with Crippen LogP contribution in [0.4, 0.5) is 0 Å². The highest BCUT2D eigenvalue weighted by Gasteiger charge is 2.02. The third kappa shape index (κ3) is 4.60. The van der Waals surface area contributed by atoms with Gasteiger partial charge in [0, 0.05) is 18.3 Å². The fourth-order valence-electron chi connectivity index (χ4n) is 2.06. The lowest BCUT2D eigenvalue weighted by Crippen LogP contribution is -2.21. The van der Waals surface area contributed by atoms with Gasteiger partial charge in [0.2, 0.25) is 0 Å². The molecule has 1 aromatic carbocycles. The Balaban J connectivity index is 1.79. The highest BCUT2D eigenvalue weighted by atomic mass is 16.5. The molecule has 21 heavy (non-hydrogen) atoms. The Hall–Kier alpha value is -1.81.